The number of alkyl halides is 1. The van der Waals surface area contributed by atoms with Crippen LogP contribution in [-0.4, -0.2) is 17.8 Å². The Morgan fingerprint density at radius 3 is 2.56 bits per heavy atom. The van der Waals surface area contributed by atoms with E-state index in [4.69, 9.17) is 0 Å². The van der Waals surface area contributed by atoms with Crippen LogP contribution >= 0.6 is 15.9 Å². The number of halogens is 1. The summed E-state index contributed by atoms with van der Waals surface area (Å²) < 4.78 is 0. The molecule has 1 rings (SSSR count). The molecule has 0 bridgehead atoms. The highest BCUT2D eigenvalue weighted by molar-refractivity contribution is 9.09. The van der Waals surface area contributed by atoms with Crippen LogP contribution in [-0.2, 0) is 4.79 Å². The fourth-order valence-corrected chi connectivity index (χ4v) is 2.93. The second-order valence-electron chi connectivity index (χ2n) is 4.98. The third-order valence-electron chi connectivity index (χ3n) is 3.86. The Bertz CT molecular complexity index is 212. The highest BCUT2D eigenvalue weighted by Crippen LogP contribution is 2.40. The minimum atomic E-state index is 0.237. The standard InChI is InChI=1S/C13H24BrNO/c1-2-13(8-4-5-9-13)11-15-12(16)7-3-6-10-14/h2-11H2,1H3,(H,15,16). The second kappa shape index (κ2) is 7.31. The highest BCUT2D eigenvalue weighted by atomic mass is 79.9. The van der Waals surface area contributed by atoms with Crippen LogP contribution in [0.1, 0.15) is 58.3 Å². The summed E-state index contributed by atoms with van der Waals surface area (Å²) in [6.07, 6.45) is 9.25. The normalized spacial score (nSPS) is 18.6. The lowest BCUT2D eigenvalue weighted by Gasteiger charge is -2.27. The quantitative estimate of drug-likeness (QED) is 0.563. The predicted molar refractivity (Wildman–Crippen MR) is 71.8 cm³/mol. The Morgan fingerprint density at radius 2 is 2.00 bits per heavy atom. The zero-order valence-corrected chi connectivity index (χ0v) is 11.9. The first-order chi connectivity index (χ1) is 7.72. The third kappa shape index (κ3) is 4.44. The van der Waals surface area contributed by atoms with Gasteiger partial charge in [-0.25, -0.2) is 0 Å². The van der Waals surface area contributed by atoms with Crippen LogP contribution in [0.4, 0.5) is 0 Å². The monoisotopic (exact) mass is 289 g/mol. The van der Waals surface area contributed by atoms with E-state index in [0.717, 1.165) is 24.7 Å². The van der Waals surface area contributed by atoms with Gasteiger partial charge in [-0.1, -0.05) is 35.7 Å². The van der Waals surface area contributed by atoms with Crippen molar-refractivity contribution in [3.05, 3.63) is 0 Å². The molecule has 94 valence electrons. The molecule has 0 atom stereocenters. The van der Waals surface area contributed by atoms with Crippen molar-refractivity contribution in [1.82, 2.24) is 5.32 Å². The van der Waals surface area contributed by atoms with E-state index >= 15 is 0 Å². The molecule has 0 aromatic heterocycles. The molecule has 0 saturated heterocycles. The lowest BCUT2D eigenvalue weighted by atomic mass is 9.83. The van der Waals surface area contributed by atoms with Gasteiger partial charge in [-0.3, -0.25) is 4.79 Å². The molecule has 1 aliphatic carbocycles. The molecule has 1 N–H and O–H groups in total. The van der Waals surface area contributed by atoms with Crippen molar-refractivity contribution >= 4 is 21.8 Å². The number of carbonyl (C=O) groups is 1. The minimum Gasteiger partial charge on any atom is -0.356 e. The summed E-state index contributed by atoms with van der Waals surface area (Å²) in [5.41, 5.74) is 0.422. The van der Waals surface area contributed by atoms with Gasteiger partial charge in [0.2, 0.25) is 5.91 Å². The number of hydrogen-bond acceptors (Lipinski definition) is 1. The first kappa shape index (κ1) is 14.0. The van der Waals surface area contributed by atoms with Crippen LogP contribution in [0.2, 0.25) is 0 Å². The summed E-state index contributed by atoms with van der Waals surface area (Å²) in [7, 11) is 0. The molecule has 0 unspecified atom stereocenters. The number of unbranched alkanes of at least 4 members (excludes halogenated alkanes) is 1. The number of rotatable bonds is 7. The number of hydrogen-bond donors (Lipinski definition) is 1. The number of nitrogens with one attached hydrogen (secondary N) is 1. The maximum Gasteiger partial charge on any atom is 0.220 e. The highest BCUT2D eigenvalue weighted by Gasteiger charge is 2.31. The van der Waals surface area contributed by atoms with E-state index in [1.807, 2.05) is 0 Å². The van der Waals surface area contributed by atoms with Crippen molar-refractivity contribution in [3.63, 3.8) is 0 Å². The van der Waals surface area contributed by atoms with E-state index in [1.165, 1.54) is 32.1 Å². The molecule has 0 aromatic carbocycles. The van der Waals surface area contributed by atoms with Crippen molar-refractivity contribution in [3.8, 4) is 0 Å². The lowest BCUT2D eigenvalue weighted by molar-refractivity contribution is -0.121. The smallest absolute Gasteiger partial charge is 0.220 e. The summed E-state index contributed by atoms with van der Waals surface area (Å²) in [5.74, 6) is 0.237. The predicted octanol–water partition coefficient (Wildman–Crippen LogP) is 3.64. The van der Waals surface area contributed by atoms with E-state index in [0.29, 0.717) is 11.8 Å². The molecule has 1 fully saturated rings. The third-order valence-corrected chi connectivity index (χ3v) is 4.42. The number of carbonyl (C=O) groups excluding carboxylic acids is 1. The van der Waals surface area contributed by atoms with Gasteiger partial charge >= 0.3 is 0 Å². The zero-order chi connectivity index (χ0) is 11.9. The molecule has 16 heavy (non-hydrogen) atoms. The van der Waals surface area contributed by atoms with Gasteiger partial charge in [0.15, 0.2) is 0 Å². The topological polar surface area (TPSA) is 29.1 Å². The molecule has 1 saturated carbocycles. The van der Waals surface area contributed by atoms with Crippen molar-refractivity contribution in [1.29, 1.82) is 0 Å². The van der Waals surface area contributed by atoms with Gasteiger partial charge < -0.3 is 5.32 Å². The molecule has 0 aromatic rings. The van der Waals surface area contributed by atoms with E-state index in [2.05, 4.69) is 28.2 Å². The van der Waals surface area contributed by atoms with Crippen LogP contribution in [0.5, 0.6) is 0 Å². The van der Waals surface area contributed by atoms with Crippen molar-refractivity contribution in [2.75, 3.05) is 11.9 Å². The second-order valence-corrected chi connectivity index (χ2v) is 5.78. The zero-order valence-electron chi connectivity index (χ0n) is 10.4. The van der Waals surface area contributed by atoms with Crippen LogP contribution in [0.15, 0.2) is 0 Å². The summed E-state index contributed by atoms with van der Waals surface area (Å²) in [5, 5.41) is 4.12. The molecule has 1 amide bonds. The van der Waals surface area contributed by atoms with Crippen molar-refractivity contribution < 1.29 is 4.79 Å². The molecular weight excluding hydrogens is 266 g/mol. The molecule has 2 nitrogen and oxygen atoms in total. The van der Waals surface area contributed by atoms with Gasteiger partial charge in [-0.05, 0) is 37.5 Å². The van der Waals surface area contributed by atoms with Gasteiger partial charge in [-0.15, -0.1) is 0 Å². The lowest BCUT2D eigenvalue weighted by Crippen LogP contribution is -2.35. The largest absolute Gasteiger partial charge is 0.356 e. The average molecular weight is 290 g/mol. The molecule has 3 heteroatoms. The van der Waals surface area contributed by atoms with Gasteiger partial charge in [0.25, 0.3) is 0 Å². The summed E-state index contributed by atoms with van der Waals surface area (Å²) >= 11 is 3.38. The summed E-state index contributed by atoms with van der Waals surface area (Å²) in [4.78, 5) is 11.6. The minimum absolute atomic E-state index is 0.237. The maximum atomic E-state index is 11.6. The fraction of sp³-hybridized carbons (Fsp3) is 0.923. The van der Waals surface area contributed by atoms with E-state index < -0.39 is 0 Å². The Balaban J connectivity index is 2.19. The van der Waals surface area contributed by atoms with Gasteiger partial charge in [0.1, 0.15) is 0 Å². The first-order valence-corrected chi connectivity index (χ1v) is 7.67. The summed E-state index contributed by atoms with van der Waals surface area (Å²) in [6, 6.07) is 0. The van der Waals surface area contributed by atoms with E-state index in [-0.39, 0.29) is 5.91 Å². The summed E-state index contributed by atoms with van der Waals surface area (Å²) in [6.45, 7) is 3.15. The average Bonchev–Trinajstić information content (AvgIpc) is 2.76. The molecule has 0 spiro atoms. The fourth-order valence-electron chi connectivity index (χ4n) is 2.53. The SMILES string of the molecule is CCC1(CNC(=O)CCCCBr)CCCC1. The molecule has 0 heterocycles. The van der Waals surface area contributed by atoms with Gasteiger partial charge in [0, 0.05) is 18.3 Å². The number of amides is 1. The molecule has 0 radical (unpaired) electrons. The molecule has 1 aliphatic rings. The molecule has 0 aliphatic heterocycles. The first-order valence-electron chi connectivity index (χ1n) is 6.55. The van der Waals surface area contributed by atoms with Gasteiger partial charge in [-0.2, -0.15) is 0 Å². The molecular formula is C13H24BrNO. The van der Waals surface area contributed by atoms with Crippen LogP contribution in [0.25, 0.3) is 0 Å². The maximum absolute atomic E-state index is 11.6. The Kier molecular flexibility index (Phi) is 6.40. The van der Waals surface area contributed by atoms with E-state index in [1.54, 1.807) is 0 Å². The Hall–Kier alpha value is -0.0500. The van der Waals surface area contributed by atoms with Crippen LogP contribution in [0.3, 0.4) is 0 Å². The van der Waals surface area contributed by atoms with E-state index in [9.17, 15) is 4.79 Å². The van der Waals surface area contributed by atoms with Crippen LogP contribution < -0.4 is 5.32 Å². The Labute approximate surface area is 108 Å². The van der Waals surface area contributed by atoms with Crippen molar-refractivity contribution in [2.24, 2.45) is 5.41 Å². The van der Waals surface area contributed by atoms with Gasteiger partial charge in [0.05, 0.1) is 0 Å². The Morgan fingerprint density at radius 1 is 1.31 bits per heavy atom. The van der Waals surface area contributed by atoms with Crippen molar-refractivity contribution in [2.45, 2.75) is 58.3 Å². The van der Waals surface area contributed by atoms with Crippen LogP contribution in [0, 0.1) is 5.41 Å².